The zero-order valence-electron chi connectivity index (χ0n) is 12.7. The van der Waals surface area contributed by atoms with Gasteiger partial charge in [0, 0.05) is 33.4 Å². The molecule has 20 heavy (non-hydrogen) atoms. The smallest absolute Gasteiger partial charge is 0.208 e. The third kappa shape index (κ3) is 6.04. The van der Waals surface area contributed by atoms with Crippen molar-refractivity contribution < 1.29 is 4.74 Å². The van der Waals surface area contributed by atoms with E-state index < -0.39 is 0 Å². The summed E-state index contributed by atoms with van der Waals surface area (Å²) in [6.07, 6.45) is 0.900. The van der Waals surface area contributed by atoms with Crippen molar-refractivity contribution in [2.45, 2.75) is 26.8 Å². The summed E-state index contributed by atoms with van der Waals surface area (Å²) in [4.78, 5) is 6.47. The van der Waals surface area contributed by atoms with Crippen molar-refractivity contribution in [1.29, 1.82) is 0 Å². The van der Waals surface area contributed by atoms with Gasteiger partial charge in [-0.15, -0.1) is 0 Å². The minimum atomic E-state index is 0.697. The van der Waals surface area contributed by atoms with E-state index in [4.69, 9.17) is 10.6 Å². The summed E-state index contributed by atoms with van der Waals surface area (Å²) in [5.74, 6) is 6.24. The van der Waals surface area contributed by atoms with Crippen LogP contribution in [0.3, 0.4) is 0 Å². The molecule has 0 atom stereocenters. The highest BCUT2D eigenvalue weighted by atomic mass is 16.5. The quantitative estimate of drug-likeness (QED) is 0.262. The number of rotatable bonds is 7. The Morgan fingerprint density at radius 2 is 2.25 bits per heavy atom. The van der Waals surface area contributed by atoms with Crippen molar-refractivity contribution in [1.82, 2.24) is 10.3 Å². The van der Waals surface area contributed by atoms with Crippen LogP contribution < -0.4 is 11.3 Å². The van der Waals surface area contributed by atoms with Crippen molar-refractivity contribution in [3.05, 3.63) is 35.4 Å². The number of ether oxygens (including phenoxy) is 1. The van der Waals surface area contributed by atoms with Crippen molar-refractivity contribution in [3.63, 3.8) is 0 Å². The lowest BCUT2D eigenvalue weighted by molar-refractivity contribution is 0.146. The number of hydrazine groups is 1. The van der Waals surface area contributed by atoms with Gasteiger partial charge in [-0.1, -0.05) is 29.8 Å². The van der Waals surface area contributed by atoms with Crippen LogP contribution in [0.1, 0.15) is 24.5 Å². The predicted octanol–water partition coefficient (Wildman–Crippen LogP) is 1.67. The first-order valence-electron chi connectivity index (χ1n) is 7.02. The molecule has 0 fully saturated rings. The molecule has 0 aliphatic carbocycles. The summed E-state index contributed by atoms with van der Waals surface area (Å²) in [6.45, 7) is 7.05. The van der Waals surface area contributed by atoms with Crippen molar-refractivity contribution in [2.75, 3.05) is 26.8 Å². The molecule has 3 N–H and O–H groups in total. The van der Waals surface area contributed by atoms with Crippen LogP contribution in [-0.4, -0.2) is 37.7 Å². The average Bonchev–Trinajstić information content (AvgIpc) is 2.42. The van der Waals surface area contributed by atoms with Gasteiger partial charge in [0.15, 0.2) is 0 Å². The molecule has 0 unspecified atom stereocenters. The fourth-order valence-electron chi connectivity index (χ4n) is 1.93. The normalized spacial score (nSPS) is 11.5. The second-order valence-corrected chi connectivity index (χ2v) is 4.75. The van der Waals surface area contributed by atoms with Crippen molar-refractivity contribution in [2.24, 2.45) is 10.8 Å². The second kappa shape index (κ2) is 9.34. The molecule has 1 aromatic rings. The Hall–Kier alpha value is -1.59. The third-order valence-corrected chi connectivity index (χ3v) is 2.91. The molecule has 0 saturated heterocycles. The van der Waals surface area contributed by atoms with Gasteiger partial charge in [-0.2, -0.15) is 0 Å². The summed E-state index contributed by atoms with van der Waals surface area (Å²) in [5, 5.41) is 0. The Bertz CT molecular complexity index is 420. The first kappa shape index (κ1) is 16.5. The van der Waals surface area contributed by atoms with Crippen LogP contribution in [0.5, 0.6) is 0 Å². The zero-order chi connectivity index (χ0) is 14.8. The topological polar surface area (TPSA) is 62.9 Å². The van der Waals surface area contributed by atoms with E-state index in [-0.39, 0.29) is 0 Å². The Labute approximate surface area is 121 Å². The van der Waals surface area contributed by atoms with Crippen LogP contribution in [0.4, 0.5) is 0 Å². The molecule has 0 heterocycles. The molecule has 112 valence electrons. The number of hydrogen-bond acceptors (Lipinski definition) is 3. The van der Waals surface area contributed by atoms with Crippen LogP contribution >= 0.6 is 0 Å². The van der Waals surface area contributed by atoms with E-state index >= 15 is 0 Å². The summed E-state index contributed by atoms with van der Waals surface area (Å²) < 4.78 is 5.28. The number of guanidine groups is 1. The highest BCUT2D eigenvalue weighted by Gasteiger charge is 2.05. The standard InChI is InChI=1S/C15H26N4O/c1-4-20-10-6-9-17-15(18-16)19(3)12-14-8-5-7-13(2)11-14/h5,7-8,11H,4,6,9-10,12,16H2,1-3H3,(H,17,18). The lowest BCUT2D eigenvalue weighted by Crippen LogP contribution is -2.42. The average molecular weight is 278 g/mol. The molecular formula is C15H26N4O. The number of hydrogen-bond donors (Lipinski definition) is 2. The number of benzene rings is 1. The van der Waals surface area contributed by atoms with E-state index in [1.165, 1.54) is 11.1 Å². The van der Waals surface area contributed by atoms with Gasteiger partial charge < -0.3 is 9.64 Å². The van der Waals surface area contributed by atoms with Crippen LogP contribution in [0.25, 0.3) is 0 Å². The molecule has 0 radical (unpaired) electrons. The molecule has 5 heteroatoms. The van der Waals surface area contributed by atoms with E-state index in [0.717, 1.165) is 26.2 Å². The van der Waals surface area contributed by atoms with Gasteiger partial charge >= 0.3 is 0 Å². The fourth-order valence-corrected chi connectivity index (χ4v) is 1.93. The van der Waals surface area contributed by atoms with E-state index in [2.05, 4.69) is 41.6 Å². The summed E-state index contributed by atoms with van der Waals surface area (Å²) in [6, 6.07) is 8.42. The third-order valence-electron chi connectivity index (χ3n) is 2.91. The van der Waals surface area contributed by atoms with Gasteiger partial charge in [-0.25, -0.2) is 5.84 Å². The lowest BCUT2D eigenvalue weighted by atomic mass is 10.1. The van der Waals surface area contributed by atoms with Gasteiger partial charge in [-0.05, 0) is 25.8 Å². The maximum atomic E-state index is 5.54. The number of aryl methyl sites for hydroxylation is 1. The molecule has 1 aromatic carbocycles. The highest BCUT2D eigenvalue weighted by molar-refractivity contribution is 5.79. The molecule has 0 amide bonds. The first-order chi connectivity index (χ1) is 9.67. The number of aliphatic imine (C=N–C) groups is 1. The number of nitrogens with two attached hydrogens (primary N) is 1. The molecule has 0 saturated carbocycles. The minimum Gasteiger partial charge on any atom is -0.382 e. The van der Waals surface area contributed by atoms with Crippen LogP contribution in [0, 0.1) is 6.92 Å². The monoisotopic (exact) mass is 278 g/mol. The molecule has 1 rings (SSSR count). The molecular weight excluding hydrogens is 252 g/mol. The second-order valence-electron chi connectivity index (χ2n) is 4.75. The molecule has 0 aromatic heterocycles. The Morgan fingerprint density at radius 3 is 2.90 bits per heavy atom. The summed E-state index contributed by atoms with van der Waals surface area (Å²) in [7, 11) is 1.98. The fraction of sp³-hybridized carbons (Fsp3) is 0.533. The SMILES string of the molecule is CCOCCCN=C(NN)N(C)Cc1cccc(C)c1. The predicted molar refractivity (Wildman–Crippen MR) is 83.4 cm³/mol. The summed E-state index contributed by atoms with van der Waals surface area (Å²) in [5.41, 5.74) is 5.16. The van der Waals surface area contributed by atoms with Crippen molar-refractivity contribution >= 4 is 5.96 Å². The van der Waals surface area contributed by atoms with Gasteiger partial charge in [-0.3, -0.25) is 10.4 Å². The Morgan fingerprint density at radius 1 is 1.45 bits per heavy atom. The lowest BCUT2D eigenvalue weighted by Gasteiger charge is -2.21. The van der Waals surface area contributed by atoms with E-state index in [9.17, 15) is 0 Å². The molecule has 0 spiro atoms. The van der Waals surface area contributed by atoms with E-state index in [0.29, 0.717) is 12.5 Å². The molecule has 0 aliphatic heterocycles. The van der Waals surface area contributed by atoms with Gasteiger partial charge in [0.25, 0.3) is 0 Å². The van der Waals surface area contributed by atoms with E-state index in [1.807, 2.05) is 18.9 Å². The first-order valence-corrected chi connectivity index (χ1v) is 7.02. The maximum absolute atomic E-state index is 5.54. The van der Waals surface area contributed by atoms with Gasteiger partial charge in [0.2, 0.25) is 5.96 Å². The number of nitrogens with zero attached hydrogens (tertiary/aromatic N) is 2. The van der Waals surface area contributed by atoms with Crippen LogP contribution in [-0.2, 0) is 11.3 Å². The molecule has 5 nitrogen and oxygen atoms in total. The zero-order valence-corrected chi connectivity index (χ0v) is 12.7. The largest absolute Gasteiger partial charge is 0.382 e. The van der Waals surface area contributed by atoms with Gasteiger partial charge in [0.1, 0.15) is 0 Å². The Balaban J connectivity index is 2.49. The number of nitrogens with one attached hydrogen (secondary N) is 1. The highest BCUT2D eigenvalue weighted by Crippen LogP contribution is 2.06. The van der Waals surface area contributed by atoms with E-state index in [1.54, 1.807) is 0 Å². The maximum Gasteiger partial charge on any atom is 0.208 e. The minimum absolute atomic E-state index is 0.697. The Kier molecular flexibility index (Phi) is 7.69. The van der Waals surface area contributed by atoms with Crippen LogP contribution in [0.2, 0.25) is 0 Å². The van der Waals surface area contributed by atoms with Crippen molar-refractivity contribution in [3.8, 4) is 0 Å². The molecule has 0 bridgehead atoms. The summed E-state index contributed by atoms with van der Waals surface area (Å²) >= 11 is 0. The van der Waals surface area contributed by atoms with Crippen LogP contribution in [0.15, 0.2) is 29.3 Å². The molecule has 0 aliphatic rings. The van der Waals surface area contributed by atoms with Gasteiger partial charge in [0.05, 0.1) is 0 Å².